The van der Waals surface area contributed by atoms with Gasteiger partial charge in [0.15, 0.2) is 0 Å². The Balaban J connectivity index is 2.25. The van der Waals surface area contributed by atoms with Gasteiger partial charge in [-0.05, 0) is 18.1 Å². The molecule has 1 atom stereocenters. The quantitative estimate of drug-likeness (QED) is 0.451. The maximum Gasteiger partial charge on any atom is 0.334 e. The minimum atomic E-state index is -0.195. The van der Waals surface area contributed by atoms with Crippen LogP contribution in [-0.4, -0.2) is 12.6 Å². The van der Waals surface area contributed by atoms with Gasteiger partial charge in [-0.15, -0.1) is 0 Å². The molecule has 1 aromatic rings. The van der Waals surface area contributed by atoms with Crippen molar-refractivity contribution in [3.05, 3.63) is 53.6 Å². The van der Waals surface area contributed by atoms with Crippen molar-refractivity contribution in [2.24, 2.45) is 5.92 Å². The number of carbonyl (C=O) groups excluding carboxylic acids is 1. The fourth-order valence-electron chi connectivity index (χ4n) is 1.84. The van der Waals surface area contributed by atoms with Crippen LogP contribution in [-0.2, 0) is 9.53 Å². The highest BCUT2D eigenvalue weighted by Gasteiger charge is 2.28. The third-order valence-electron chi connectivity index (χ3n) is 2.75. The van der Waals surface area contributed by atoms with Crippen molar-refractivity contribution in [2.75, 3.05) is 6.61 Å². The third kappa shape index (κ3) is 2.84. The van der Waals surface area contributed by atoms with E-state index in [1.54, 1.807) is 0 Å². The fourth-order valence-corrected chi connectivity index (χ4v) is 1.84. The molecule has 1 aliphatic heterocycles. The molecule has 0 aromatic heterocycles. The van der Waals surface area contributed by atoms with Gasteiger partial charge in [-0.2, -0.15) is 0 Å². The van der Waals surface area contributed by atoms with Crippen molar-refractivity contribution in [1.82, 2.24) is 0 Å². The van der Waals surface area contributed by atoms with E-state index in [0.29, 0.717) is 6.61 Å². The van der Waals surface area contributed by atoms with E-state index in [1.807, 2.05) is 36.4 Å². The zero-order valence-electron chi connectivity index (χ0n) is 9.93. The van der Waals surface area contributed by atoms with E-state index in [0.717, 1.165) is 17.6 Å². The van der Waals surface area contributed by atoms with Gasteiger partial charge in [0.25, 0.3) is 0 Å². The Morgan fingerprint density at radius 1 is 1.35 bits per heavy atom. The minimum Gasteiger partial charge on any atom is -0.461 e. The van der Waals surface area contributed by atoms with Crippen LogP contribution >= 0.6 is 0 Å². The summed E-state index contributed by atoms with van der Waals surface area (Å²) in [4.78, 5) is 11.6. The first-order chi connectivity index (χ1) is 8.31. The summed E-state index contributed by atoms with van der Waals surface area (Å²) >= 11 is 0. The second kappa shape index (κ2) is 5.48. The highest BCUT2D eigenvalue weighted by atomic mass is 16.5. The van der Waals surface area contributed by atoms with Gasteiger partial charge in [0.2, 0.25) is 0 Å². The number of benzene rings is 1. The number of hydrogen-bond acceptors (Lipinski definition) is 2. The molecule has 1 saturated heterocycles. The Morgan fingerprint density at radius 2 is 2.12 bits per heavy atom. The van der Waals surface area contributed by atoms with Crippen LogP contribution in [0.2, 0.25) is 0 Å². The van der Waals surface area contributed by atoms with E-state index in [-0.39, 0.29) is 11.9 Å². The Hall–Kier alpha value is -1.83. The molecule has 0 saturated carbocycles. The van der Waals surface area contributed by atoms with Crippen LogP contribution in [0.5, 0.6) is 0 Å². The molecule has 1 fully saturated rings. The molecule has 0 aliphatic carbocycles. The molecule has 2 heteroatoms. The summed E-state index contributed by atoms with van der Waals surface area (Å²) in [5.41, 5.74) is 1.79. The number of esters is 1. The zero-order chi connectivity index (χ0) is 12.1. The van der Waals surface area contributed by atoms with Gasteiger partial charge in [0.1, 0.15) is 6.61 Å². The van der Waals surface area contributed by atoms with E-state index >= 15 is 0 Å². The summed E-state index contributed by atoms with van der Waals surface area (Å²) in [5.74, 6) is -0.0951. The van der Waals surface area contributed by atoms with Crippen molar-refractivity contribution in [3.8, 4) is 0 Å². The van der Waals surface area contributed by atoms with Crippen molar-refractivity contribution < 1.29 is 9.53 Å². The van der Waals surface area contributed by atoms with E-state index in [1.165, 1.54) is 0 Å². The average molecular weight is 228 g/mol. The number of allylic oxidation sites excluding steroid dienone is 1. The van der Waals surface area contributed by atoms with Crippen LogP contribution in [0.15, 0.2) is 48.1 Å². The molecular weight excluding hydrogens is 212 g/mol. The second-order valence-corrected chi connectivity index (χ2v) is 4.05. The summed E-state index contributed by atoms with van der Waals surface area (Å²) in [6.45, 7) is 2.54. The molecule has 0 N–H and O–H groups in total. The maximum atomic E-state index is 11.6. The van der Waals surface area contributed by atoms with Crippen molar-refractivity contribution in [3.63, 3.8) is 0 Å². The predicted octanol–water partition coefficient (Wildman–Crippen LogP) is 3.21. The standard InChI is InChI=1S/C15H16O2/c1-2-3-9-13-11-17-15(16)14(13)10-12-7-5-4-6-8-12/h3-10,13H,2,11H2,1H3/b9-3+,14-10+/t13-/m1/s1. The minimum absolute atomic E-state index is 0.0997. The van der Waals surface area contributed by atoms with Crippen LogP contribution in [0.3, 0.4) is 0 Å². The molecule has 0 amide bonds. The first-order valence-electron chi connectivity index (χ1n) is 5.91. The molecule has 1 heterocycles. The average Bonchev–Trinajstić information content (AvgIpc) is 2.70. The van der Waals surface area contributed by atoms with Crippen LogP contribution in [0.4, 0.5) is 0 Å². The highest BCUT2D eigenvalue weighted by Crippen LogP contribution is 2.25. The summed E-state index contributed by atoms with van der Waals surface area (Å²) in [7, 11) is 0. The number of cyclic esters (lactones) is 1. The maximum absolute atomic E-state index is 11.6. The van der Waals surface area contributed by atoms with Crippen molar-refractivity contribution >= 4 is 12.0 Å². The summed E-state index contributed by atoms with van der Waals surface area (Å²) in [5, 5.41) is 0. The second-order valence-electron chi connectivity index (χ2n) is 4.05. The van der Waals surface area contributed by atoms with E-state index in [2.05, 4.69) is 19.1 Å². The lowest BCUT2D eigenvalue weighted by Crippen LogP contribution is -2.00. The van der Waals surface area contributed by atoms with E-state index < -0.39 is 0 Å². The normalized spacial score (nSPS) is 22.3. The first-order valence-corrected chi connectivity index (χ1v) is 5.91. The smallest absolute Gasteiger partial charge is 0.334 e. The molecular formula is C15H16O2. The number of ether oxygens (including phenoxy) is 1. The van der Waals surface area contributed by atoms with Crippen LogP contribution < -0.4 is 0 Å². The molecule has 88 valence electrons. The van der Waals surface area contributed by atoms with Crippen LogP contribution in [0.1, 0.15) is 18.9 Å². The van der Waals surface area contributed by atoms with Gasteiger partial charge < -0.3 is 4.74 Å². The lowest BCUT2D eigenvalue weighted by Gasteiger charge is -2.01. The van der Waals surface area contributed by atoms with Gasteiger partial charge in [-0.1, -0.05) is 49.4 Å². The fraction of sp³-hybridized carbons (Fsp3) is 0.267. The Morgan fingerprint density at radius 3 is 2.82 bits per heavy atom. The van der Waals surface area contributed by atoms with E-state index in [9.17, 15) is 4.79 Å². The summed E-state index contributed by atoms with van der Waals surface area (Å²) in [6.07, 6.45) is 7.02. The topological polar surface area (TPSA) is 26.3 Å². The van der Waals surface area contributed by atoms with Gasteiger partial charge >= 0.3 is 5.97 Å². The number of carbonyl (C=O) groups is 1. The number of hydrogen-bond donors (Lipinski definition) is 0. The monoisotopic (exact) mass is 228 g/mol. The Labute approximate surface area is 102 Å². The van der Waals surface area contributed by atoms with E-state index in [4.69, 9.17) is 4.74 Å². The molecule has 0 spiro atoms. The zero-order valence-corrected chi connectivity index (χ0v) is 9.93. The van der Waals surface area contributed by atoms with Crippen LogP contribution in [0.25, 0.3) is 6.08 Å². The molecule has 2 rings (SSSR count). The molecule has 2 nitrogen and oxygen atoms in total. The SMILES string of the molecule is CC/C=C/[C@@H]1COC(=O)/C1=C/c1ccccc1. The Bertz CT molecular complexity index is 443. The van der Waals surface area contributed by atoms with Crippen molar-refractivity contribution in [1.29, 1.82) is 0 Å². The van der Waals surface area contributed by atoms with Gasteiger partial charge in [0.05, 0.1) is 0 Å². The number of rotatable bonds is 3. The first kappa shape index (κ1) is 11.6. The Kier molecular flexibility index (Phi) is 3.76. The molecule has 1 aliphatic rings. The van der Waals surface area contributed by atoms with Gasteiger partial charge in [-0.3, -0.25) is 0 Å². The van der Waals surface area contributed by atoms with Crippen LogP contribution in [0, 0.1) is 5.92 Å². The largest absolute Gasteiger partial charge is 0.461 e. The molecule has 0 unspecified atom stereocenters. The molecule has 1 aromatic carbocycles. The highest BCUT2D eigenvalue weighted by molar-refractivity contribution is 5.96. The predicted molar refractivity (Wildman–Crippen MR) is 68.3 cm³/mol. The molecule has 0 radical (unpaired) electrons. The lowest BCUT2D eigenvalue weighted by atomic mass is 9.99. The molecule has 0 bridgehead atoms. The summed E-state index contributed by atoms with van der Waals surface area (Å²) < 4.78 is 5.09. The van der Waals surface area contributed by atoms with Crippen molar-refractivity contribution in [2.45, 2.75) is 13.3 Å². The molecule has 17 heavy (non-hydrogen) atoms. The van der Waals surface area contributed by atoms with Gasteiger partial charge in [-0.25, -0.2) is 4.79 Å². The third-order valence-corrected chi connectivity index (χ3v) is 2.75. The summed E-state index contributed by atoms with van der Waals surface area (Å²) in [6, 6.07) is 9.86. The lowest BCUT2D eigenvalue weighted by molar-refractivity contribution is -0.135. The van der Waals surface area contributed by atoms with Gasteiger partial charge in [0, 0.05) is 11.5 Å².